The predicted molar refractivity (Wildman–Crippen MR) is 120 cm³/mol. The highest BCUT2D eigenvalue weighted by Crippen LogP contribution is 2.28. The van der Waals surface area contributed by atoms with E-state index in [0.29, 0.717) is 43.0 Å². The third-order valence-electron chi connectivity index (χ3n) is 5.17. The molecular formula is C22H25FN8O. The van der Waals surface area contributed by atoms with E-state index < -0.39 is 0 Å². The van der Waals surface area contributed by atoms with Crippen molar-refractivity contribution in [3.8, 4) is 0 Å². The number of anilines is 4. The van der Waals surface area contributed by atoms with E-state index in [2.05, 4.69) is 35.9 Å². The molecule has 10 heteroatoms. The summed E-state index contributed by atoms with van der Waals surface area (Å²) in [6.45, 7) is 5.64. The van der Waals surface area contributed by atoms with Gasteiger partial charge in [0, 0.05) is 38.1 Å². The average Bonchev–Trinajstić information content (AvgIpc) is 2.74. The zero-order valence-corrected chi connectivity index (χ0v) is 17.9. The first-order valence-electron chi connectivity index (χ1n) is 10.5. The molecule has 1 fully saturated rings. The van der Waals surface area contributed by atoms with Crippen LogP contribution in [0, 0.1) is 11.7 Å². The van der Waals surface area contributed by atoms with Gasteiger partial charge in [0.25, 0.3) is 0 Å². The Morgan fingerprint density at radius 3 is 2.66 bits per heavy atom. The van der Waals surface area contributed by atoms with Gasteiger partial charge in [-0.05, 0) is 31.5 Å². The Bertz CT molecular complexity index is 1060. The summed E-state index contributed by atoms with van der Waals surface area (Å²) in [5.41, 5.74) is 0.907. The van der Waals surface area contributed by atoms with E-state index >= 15 is 0 Å². The molecule has 2 aromatic heterocycles. The summed E-state index contributed by atoms with van der Waals surface area (Å²) < 4.78 is 13.3. The maximum absolute atomic E-state index is 13.3. The number of halogens is 1. The molecule has 32 heavy (non-hydrogen) atoms. The zero-order valence-electron chi connectivity index (χ0n) is 17.9. The molecule has 3 N–H and O–H groups in total. The summed E-state index contributed by atoms with van der Waals surface area (Å²) in [6, 6.07) is 7.97. The number of nitrogens with zero attached hydrogens (tertiary/aromatic N) is 5. The third-order valence-corrected chi connectivity index (χ3v) is 5.17. The van der Waals surface area contributed by atoms with Crippen LogP contribution in [0.15, 0.2) is 48.9 Å². The Morgan fingerprint density at radius 2 is 1.97 bits per heavy atom. The lowest BCUT2D eigenvalue weighted by atomic mass is 9.99. The van der Waals surface area contributed by atoms with E-state index in [1.54, 1.807) is 30.7 Å². The molecule has 1 unspecified atom stereocenters. The fourth-order valence-electron chi connectivity index (χ4n) is 3.40. The van der Waals surface area contributed by atoms with Gasteiger partial charge in [-0.2, -0.15) is 9.97 Å². The maximum atomic E-state index is 13.3. The van der Waals surface area contributed by atoms with E-state index in [4.69, 9.17) is 0 Å². The molecule has 0 saturated carbocycles. The van der Waals surface area contributed by atoms with Gasteiger partial charge >= 0.3 is 0 Å². The van der Waals surface area contributed by atoms with Crippen LogP contribution < -0.4 is 20.9 Å². The molecule has 9 nitrogen and oxygen atoms in total. The Labute approximate surface area is 185 Å². The quantitative estimate of drug-likeness (QED) is 0.495. The first-order valence-corrected chi connectivity index (χ1v) is 10.5. The van der Waals surface area contributed by atoms with Gasteiger partial charge in [-0.15, -0.1) is 0 Å². The second-order valence-electron chi connectivity index (χ2n) is 7.56. The molecule has 1 saturated heterocycles. The molecule has 1 aliphatic heterocycles. The summed E-state index contributed by atoms with van der Waals surface area (Å²) >= 11 is 0. The molecule has 1 aromatic carbocycles. The topological polar surface area (TPSA) is 108 Å². The molecule has 3 heterocycles. The number of carbonyl (C=O) groups excluding carboxylic acids is 1. The Hall–Kier alpha value is -3.82. The molecule has 0 spiro atoms. The van der Waals surface area contributed by atoms with Crippen molar-refractivity contribution < 1.29 is 9.18 Å². The van der Waals surface area contributed by atoms with Crippen molar-refractivity contribution in [2.75, 3.05) is 35.2 Å². The standard InChI is InChI=1S/C22H25FN8O/c1-3-25-21(32)16-12-31(13-16)20-10-18(28-19-11-24-8-9-26-19)29-22(30-20)27-14(2)15-4-6-17(23)7-5-15/h4-11,14,16H,3,12-13H2,1-2H3,(H,25,32)(H2,26,27,28,29,30). The third kappa shape index (κ3) is 5.08. The lowest BCUT2D eigenvalue weighted by molar-refractivity contribution is -0.125. The van der Waals surface area contributed by atoms with E-state index in [1.165, 1.54) is 12.1 Å². The zero-order chi connectivity index (χ0) is 22.5. The Morgan fingerprint density at radius 1 is 1.19 bits per heavy atom. The minimum Gasteiger partial charge on any atom is -0.356 e. The molecule has 0 bridgehead atoms. The van der Waals surface area contributed by atoms with Crippen LogP contribution in [0.2, 0.25) is 0 Å². The van der Waals surface area contributed by atoms with Crippen LogP contribution in [0.5, 0.6) is 0 Å². The van der Waals surface area contributed by atoms with Crippen molar-refractivity contribution in [2.45, 2.75) is 19.9 Å². The molecular weight excluding hydrogens is 411 g/mol. The number of hydrogen-bond acceptors (Lipinski definition) is 8. The van der Waals surface area contributed by atoms with E-state index in [0.717, 1.165) is 5.56 Å². The summed E-state index contributed by atoms with van der Waals surface area (Å²) in [4.78, 5) is 31.6. The van der Waals surface area contributed by atoms with Gasteiger partial charge in [0.2, 0.25) is 11.9 Å². The number of rotatable bonds is 8. The molecule has 0 aliphatic carbocycles. The van der Waals surface area contributed by atoms with Crippen molar-refractivity contribution >= 4 is 29.3 Å². The van der Waals surface area contributed by atoms with Gasteiger partial charge in [0.1, 0.15) is 23.3 Å². The number of amides is 1. The van der Waals surface area contributed by atoms with Crippen molar-refractivity contribution in [1.29, 1.82) is 0 Å². The number of nitrogens with one attached hydrogen (secondary N) is 3. The minimum absolute atomic E-state index is 0.0546. The van der Waals surface area contributed by atoms with Crippen LogP contribution in [0.3, 0.4) is 0 Å². The molecule has 3 aromatic rings. The van der Waals surface area contributed by atoms with Gasteiger partial charge in [-0.25, -0.2) is 9.37 Å². The monoisotopic (exact) mass is 436 g/mol. The average molecular weight is 436 g/mol. The van der Waals surface area contributed by atoms with Crippen LogP contribution >= 0.6 is 0 Å². The minimum atomic E-state index is -0.283. The van der Waals surface area contributed by atoms with Gasteiger partial charge in [-0.1, -0.05) is 12.1 Å². The highest BCUT2D eigenvalue weighted by molar-refractivity contribution is 5.81. The van der Waals surface area contributed by atoms with Gasteiger partial charge in [0.05, 0.1) is 18.2 Å². The van der Waals surface area contributed by atoms with Crippen LogP contribution in [-0.2, 0) is 4.79 Å². The molecule has 4 rings (SSSR count). The molecule has 1 aliphatic rings. The van der Waals surface area contributed by atoms with Crippen LogP contribution in [0.1, 0.15) is 25.5 Å². The number of hydrogen-bond donors (Lipinski definition) is 3. The van der Waals surface area contributed by atoms with Crippen LogP contribution in [0.25, 0.3) is 0 Å². The normalized spacial score (nSPS) is 14.4. The summed E-state index contributed by atoms with van der Waals surface area (Å²) in [7, 11) is 0. The molecule has 1 amide bonds. The highest BCUT2D eigenvalue weighted by Gasteiger charge is 2.33. The Kier molecular flexibility index (Phi) is 6.39. The first kappa shape index (κ1) is 21.4. The number of aromatic nitrogens is 4. The van der Waals surface area contributed by atoms with Gasteiger partial charge < -0.3 is 20.9 Å². The maximum Gasteiger partial charge on any atom is 0.227 e. The van der Waals surface area contributed by atoms with Crippen LogP contribution in [-0.4, -0.2) is 45.5 Å². The molecule has 1 atom stereocenters. The molecule has 0 radical (unpaired) electrons. The fraction of sp³-hybridized carbons (Fsp3) is 0.318. The fourth-order valence-corrected chi connectivity index (χ4v) is 3.40. The second-order valence-corrected chi connectivity index (χ2v) is 7.56. The van der Waals surface area contributed by atoms with E-state index in [1.807, 2.05) is 24.8 Å². The van der Waals surface area contributed by atoms with E-state index in [-0.39, 0.29) is 23.7 Å². The highest BCUT2D eigenvalue weighted by atomic mass is 19.1. The van der Waals surface area contributed by atoms with Crippen molar-refractivity contribution in [3.63, 3.8) is 0 Å². The summed E-state index contributed by atoms with van der Waals surface area (Å²) in [5, 5.41) is 9.28. The van der Waals surface area contributed by atoms with Crippen LogP contribution in [0.4, 0.5) is 27.8 Å². The SMILES string of the molecule is CCNC(=O)C1CN(c2cc(Nc3cnccn3)nc(NC(C)c3ccc(F)cc3)n2)C1. The first-order chi connectivity index (χ1) is 15.5. The van der Waals surface area contributed by atoms with Gasteiger partial charge in [-0.3, -0.25) is 9.78 Å². The van der Waals surface area contributed by atoms with Gasteiger partial charge in [0.15, 0.2) is 0 Å². The summed E-state index contributed by atoms with van der Waals surface area (Å²) in [5.74, 6) is 1.92. The van der Waals surface area contributed by atoms with Crippen molar-refractivity contribution in [3.05, 3.63) is 60.3 Å². The van der Waals surface area contributed by atoms with Crippen molar-refractivity contribution in [1.82, 2.24) is 25.3 Å². The predicted octanol–water partition coefficient (Wildman–Crippen LogP) is 2.89. The lowest BCUT2D eigenvalue weighted by Crippen LogP contribution is -2.54. The largest absolute Gasteiger partial charge is 0.356 e. The second kappa shape index (κ2) is 9.54. The smallest absolute Gasteiger partial charge is 0.227 e. The lowest BCUT2D eigenvalue weighted by Gasteiger charge is -2.39. The summed E-state index contributed by atoms with van der Waals surface area (Å²) in [6.07, 6.45) is 4.78. The number of carbonyl (C=O) groups is 1. The molecule has 166 valence electrons. The van der Waals surface area contributed by atoms with Crippen molar-refractivity contribution in [2.24, 2.45) is 5.92 Å². The number of benzene rings is 1. The van der Waals surface area contributed by atoms with E-state index in [9.17, 15) is 9.18 Å². The Balaban J connectivity index is 1.55.